The Morgan fingerprint density at radius 1 is 0.765 bits per heavy atom. The first kappa shape index (κ1) is 17.0. The van der Waals surface area contributed by atoms with Gasteiger partial charge in [-0.2, -0.15) is 0 Å². The van der Waals surface area contributed by atoms with E-state index in [2.05, 4.69) is 0 Å². The topological polar surface area (TPSA) is 27.7 Å². The number of rotatable bonds is 6. The molecule has 0 N–H and O–H groups in total. The largest absolute Gasteiger partial charge is 0.433 e. The van der Waals surface area contributed by atoms with Crippen LogP contribution in [0.2, 0.25) is 0 Å². The van der Waals surface area contributed by atoms with Gasteiger partial charge >= 0.3 is 0 Å². The van der Waals surface area contributed by atoms with Gasteiger partial charge in [-0.1, -0.05) is 0 Å². The van der Waals surface area contributed by atoms with Crippen LogP contribution in [0, 0.1) is 0 Å². The second-order valence-electron chi connectivity index (χ2n) is 6.65. The molecule has 0 unspecified atom stereocenters. The molecular weight excluding hydrogens is 214 g/mol. The highest BCUT2D eigenvalue weighted by Gasteiger charge is 2.23. The molecule has 0 aromatic heterocycles. The highest BCUT2D eigenvalue weighted by molar-refractivity contribution is 6.51. The minimum Gasteiger partial charge on any atom is -0.433 e. The standard InChI is InChI=1S/C12H28B2O3/c1-9(2)15-10(13-16-11(3,4)5)14-17-12(6,7)8/h9-10,13-14H,1-8H3. The van der Waals surface area contributed by atoms with Crippen molar-refractivity contribution in [1.29, 1.82) is 0 Å². The molecule has 17 heavy (non-hydrogen) atoms. The van der Waals surface area contributed by atoms with E-state index >= 15 is 0 Å². The van der Waals surface area contributed by atoms with Crippen LogP contribution in [-0.2, 0) is 14.0 Å². The minimum absolute atomic E-state index is 0.00606. The normalized spacial score (nSPS) is 13.3. The molecule has 0 amide bonds. The number of hydrogen-bond donors (Lipinski definition) is 0. The summed E-state index contributed by atoms with van der Waals surface area (Å²) in [6.07, 6.45) is 0.187. The quantitative estimate of drug-likeness (QED) is 0.667. The summed E-state index contributed by atoms with van der Waals surface area (Å²) in [6, 6.07) is 0. The molecule has 0 atom stereocenters. The van der Waals surface area contributed by atoms with Gasteiger partial charge in [0, 0.05) is 11.2 Å². The Hall–Kier alpha value is 0.00987. The fraction of sp³-hybridized carbons (Fsp3) is 1.00. The summed E-state index contributed by atoms with van der Waals surface area (Å²) in [5.41, 5.74) is -0.277. The summed E-state index contributed by atoms with van der Waals surface area (Å²) in [4.78, 5) is 0. The third-order valence-corrected chi connectivity index (χ3v) is 1.87. The van der Waals surface area contributed by atoms with E-state index in [1.165, 1.54) is 0 Å². The van der Waals surface area contributed by atoms with Gasteiger partial charge < -0.3 is 14.0 Å². The Balaban J connectivity index is 4.15. The molecule has 0 fully saturated rings. The van der Waals surface area contributed by atoms with Gasteiger partial charge in [-0.3, -0.25) is 0 Å². The molecule has 5 heteroatoms. The van der Waals surface area contributed by atoms with Gasteiger partial charge in [0.25, 0.3) is 15.0 Å². The lowest BCUT2D eigenvalue weighted by Crippen LogP contribution is -2.40. The van der Waals surface area contributed by atoms with Gasteiger partial charge in [0.05, 0.1) is 12.0 Å². The molecule has 0 saturated carbocycles. The van der Waals surface area contributed by atoms with Gasteiger partial charge in [0.15, 0.2) is 0 Å². The van der Waals surface area contributed by atoms with Gasteiger partial charge in [0.2, 0.25) is 0 Å². The van der Waals surface area contributed by atoms with E-state index in [1.807, 2.05) is 55.4 Å². The predicted molar refractivity (Wildman–Crippen MR) is 76.0 cm³/mol. The summed E-state index contributed by atoms with van der Waals surface area (Å²) in [7, 11) is 1.13. The first-order chi connectivity index (χ1) is 7.49. The van der Waals surface area contributed by atoms with Crippen molar-refractivity contribution >= 4 is 15.0 Å². The summed E-state index contributed by atoms with van der Waals surface area (Å²) >= 11 is 0. The van der Waals surface area contributed by atoms with E-state index in [0.717, 1.165) is 0 Å². The summed E-state index contributed by atoms with van der Waals surface area (Å²) in [5.74, 6) is -0.00606. The van der Waals surface area contributed by atoms with Crippen molar-refractivity contribution in [3.8, 4) is 0 Å². The van der Waals surface area contributed by atoms with Crippen LogP contribution >= 0.6 is 0 Å². The molecule has 0 aliphatic heterocycles. The summed E-state index contributed by atoms with van der Waals surface area (Å²) in [6.45, 7) is 16.3. The maximum atomic E-state index is 5.79. The van der Waals surface area contributed by atoms with Crippen LogP contribution in [-0.4, -0.2) is 38.2 Å². The van der Waals surface area contributed by atoms with Crippen molar-refractivity contribution in [1.82, 2.24) is 0 Å². The third-order valence-electron chi connectivity index (χ3n) is 1.87. The first-order valence-electron chi connectivity index (χ1n) is 6.43. The van der Waals surface area contributed by atoms with E-state index in [9.17, 15) is 0 Å². The minimum atomic E-state index is -0.139. The Morgan fingerprint density at radius 2 is 1.12 bits per heavy atom. The summed E-state index contributed by atoms with van der Waals surface area (Å²) < 4.78 is 17.3. The molecule has 0 aliphatic rings. The van der Waals surface area contributed by atoms with Crippen molar-refractivity contribution in [3.63, 3.8) is 0 Å². The van der Waals surface area contributed by atoms with Crippen molar-refractivity contribution in [3.05, 3.63) is 0 Å². The lowest BCUT2D eigenvalue weighted by atomic mass is 9.69. The van der Waals surface area contributed by atoms with Crippen molar-refractivity contribution < 1.29 is 14.0 Å². The zero-order valence-electron chi connectivity index (χ0n) is 12.8. The molecule has 0 aromatic rings. The Kier molecular flexibility index (Phi) is 6.82. The maximum Gasteiger partial charge on any atom is 0.299 e. The number of ether oxygens (including phenoxy) is 1. The highest BCUT2D eigenvalue weighted by atomic mass is 16.5. The monoisotopic (exact) mass is 242 g/mol. The van der Waals surface area contributed by atoms with E-state index in [-0.39, 0.29) is 23.2 Å². The Bertz CT molecular complexity index is 189. The average Bonchev–Trinajstić information content (AvgIpc) is 2.06. The lowest BCUT2D eigenvalue weighted by Gasteiger charge is -2.27. The molecule has 0 aromatic carbocycles. The zero-order chi connectivity index (χ0) is 13.7. The van der Waals surface area contributed by atoms with Gasteiger partial charge in [-0.15, -0.1) is 0 Å². The lowest BCUT2D eigenvalue weighted by molar-refractivity contribution is 0.0481. The molecule has 3 nitrogen and oxygen atoms in total. The fourth-order valence-corrected chi connectivity index (χ4v) is 1.20. The highest BCUT2D eigenvalue weighted by Crippen LogP contribution is 2.10. The van der Waals surface area contributed by atoms with Crippen LogP contribution < -0.4 is 0 Å². The van der Waals surface area contributed by atoms with Crippen molar-refractivity contribution in [2.24, 2.45) is 0 Å². The molecule has 0 saturated heterocycles. The second kappa shape index (κ2) is 6.81. The molecule has 0 rings (SSSR count). The maximum absolute atomic E-state index is 5.79. The molecule has 0 aliphatic carbocycles. The zero-order valence-corrected chi connectivity index (χ0v) is 12.8. The Labute approximate surface area is 108 Å². The predicted octanol–water partition coefficient (Wildman–Crippen LogP) is 2.03. The van der Waals surface area contributed by atoms with Crippen LogP contribution in [0.1, 0.15) is 55.4 Å². The molecule has 0 bridgehead atoms. The average molecular weight is 242 g/mol. The molecule has 0 heterocycles. The van der Waals surface area contributed by atoms with E-state index < -0.39 is 0 Å². The van der Waals surface area contributed by atoms with Gasteiger partial charge in [-0.25, -0.2) is 0 Å². The van der Waals surface area contributed by atoms with E-state index in [1.54, 1.807) is 0 Å². The van der Waals surface area contributed by atoms with Crippen LogP contribution in [0.3, 0.4) is 0 Å². The van der Waals surface area contributed by atoms with Gasteiger partial charge in [-0.05, 0) is 55.4 Å². The van der Waals surface area contributed by atoms with Crippen LogP contribution in [0.5, 0.6) is 0 Å². The van der Waals surface area contributed by atoms with Crippen molar-refractivity contribution in [2.75, 3.05) is 0 Å². The van der Waals surface area contributed by atoms with Gasteiger partial charge in [0.1, 0.15) is 0 Å². The fourth-order valence-electron chi connectivity index (χ4n) is 1.20. The molecule has 100 valence electrons. The molecule has 0 radical (unpaired) electrons. The van der Waals surface area contributed by atoms with E-state index in [0.29, 0.717) is 15.0 Å². The smallest absolute Gasteiger partial charge is 0.299 e. The first-order valence-corrected chi connectivity index (χ1v) is 6.43. The SMILES string of the molecule is CC(C)OC(BOC(C)(C)C)BOC(C)(C)C. The second-order valence-corrected chi connectivity index (χ2v) is 6.65. The molecular formula is C12H28B2O3. The summed E-state index contributed by atoms with van der Waals surface area (Å²) in [5, 5.41) is 0. The molecule has 0 spiro atoms. The van der Waals surface area contributed by atoms with Crippen LogP contribution in [0.4, 0.5) is 0 Å². The Morgan fingerprint density at radius 3 is 1.35 bits per heavy atom. The van der Waals surface area contributed by atoms with E-state index in [4.69, 9.17) is 14.0 Å². The van der Waals surface area contributed by atoms with Crippen LogP contribution in [0.25, 0.3) is 0 Å². The third kappa shape index (κ3) is 12.3. The number of hydrogen-bond acceptors (Lipinski definition) is 3. The van der Waals surface area contributed by atoms with Crippen LogP contribution in [0.15, 0.2) is 0 Å². The van der Waals surface area contributed by atoms with Crippen molar-refractivity contribution in [2.45, 2.75) is 78.6 Å².